The molecular weight excluding hydrogens is 1250 g/mol. The molecule has 2 amide bonds. The van der Waals surface area contributed by atoms with Gasteiger partial charge in [-0.3, -0.25) is 29.2 Å². The van der Waals surface area contributed by atoms with E-state index in [-0.39, 0.29) is 158 Å². The van der Waals surface area contributed by atoms with Crippen LogP contribution in [-0.2, 0) is 68.9 Å². The van der Waals surface area contributed by atoms with Gasteiger partial charge in [-0.1, -0.05) is 19.9 Å². The second-order valence-electron chi connectivity index (χ2n) is 20.6. The summed E-state index contributed by atoms with van der Waals surface area (Å²) in [5, 5.41) is 39.6. The topological polar surface area (TPSA) is 341 Å². The van der Waals surface area contributed by atoms with Crippen LogP contribution in [0.1, 0.15) is 47.5 Å². The number of rotatable bonds is 42. The van der Waals surface area contributed by atoms with Crippen molar-refractivity contribution in [3.63, 3.8) is 0 Å². The van der Waals surface area contributed by atoms with Gasteiger partial charge in [-0.2, -0.15) is 9.97 Å². The molecule has 1 aliphatic carbocycles. The molecule has 2 aromatic heterocycles. The molecule has 1 aromatic carbocycles. The second-order valence-corrected chi connectivity index (χ2v) is 20.6. The number of methoxy groups -OCH3 is 2. The zero-order valence-electron chi connectivity index (χ0n) is 50.8. The molecule has 30 heteroatoms. The number of nitrogens with one attached hydrogen (secondary N) is 2. The van der Waals surface area contributed by atoms with Gasteiger partial charge in [0.15, 0.2) is 11.4 Å². The Labute approximate surface area is 526 Å². The van der Waals surface area contributed by atoms with Crippen LogP contribution in [0.15, 0.2) is 28.7 Å². The van der Waals surface area contributed by atoms with Crippen LogP contribution >= 0.6 is 0 Å². The number of furan rings is 1. The summed E-state index contributed by atoms with van der Waals surface area (Å²) in [5.41, 5.74) is 3.69. The number of benzene rings is 1. The molecule has 3 aromatic rings. The van der Waals surface area contributed by atoms with E-state index in [1.165, 1.54) is 31.4 Å². The van der Waals surface area contributed by atoms with Gasteiger partial charge in [0.25, 0.3) is 11.9 Å². The van der Waals surface area contributed by atoms with Crippen LogP contribution in [-0.4, -0.2) is 297 Å². The molecule has 87 heavy (non-hydrogen) atoms. The molecule has 1 fully saturated rings. The number of carbonyl (C=O) groups is 5. The van der Waals surface area contributed by atoms with Crippen LogP contribution in [0.4, 0.5) is 5.69 Å². The number of carboxylic acids is 3. The van der Waals surface area contributed by atoms with E-state index in [1.807, 2.05) is 6.92 Å². The maximum absolute atomic E-state index is 13.3. The predicted molar refractivity (Wildman–Crippen MR) is 306 cm³/mol. The van der Waals surface area contributed by atoms with Crippen molar-refractivity contribution in [2.24, 2.45) is 0 Å². The summed E-state index contributed by atoms with van der Waals surface area (Å²) in [6.45, 7) is 13.2. The molecule has 1 aliphatic heterocycles. The van der Waals surface area contributed by atoms with Gasteiger partial charge in [-0.15, -0.1) is 0 Å². The van der Waals surface area contributed by atoms with Crippen molar-refractivity contribution in [2.75, 3.05) is 217 Å². The zero-order valence-corrected chi connectivity index (χ0v) is 54.1. The Kier molecular flexibility index (Phi) is 35.4. The first kappa shape index (κ1) is 74.0. The van der Waals surface area contributed by atoms with Crippen molar-refractivity contribution in [1.82, 2.24) is 34.9 Å². The maximum Gasteiger partial charge on any atom is 3.00 e. The summed E-state index contributed by atoms with van der Waals surface area (Å²) in [4.78, 5) is 75.3. The Morgan fingerprint density at radius 1 is 0.575 bits per heavy atom. The van der Waals surface area contributed by atoms with Crippen LogP contribution < -0.4 is 44.9 Å². The molecule has 2 N–H and O–H groups in total. The van der Waals surface area contributed by atoms with Crippen LogP contribution in [0.25, 0.3) is 0 Å². The number of aromatic nitrogens is 2. The Bertz CT molecular complexity index is 2470. The fourth-order valence-electron chi connectivity index (χ4n) is 9.04. The number of ether oxygens (including phenoxy) is 12. The summed E-state index contributed by atoms with van der Waals surface area (Å²) in [6.07, 6.45) is 2.10. The summed E-state index contributed by atoms with van der Waals surface area (Å²) >= 11 is 0. The smallest absolute Gasteiger partial charge is 0.549 e. The number of fused-ring (bicyclic) bond motifs is 1. The van der Waals surface area contributed by atoms with Crippen LogP contribution in [0.5, 0.6) is 29.5 Å². The van der Waals surface area contributed by atoms with E-state index in [4.69, 9.17) is 61.3 Å². The number of aryl methyl sites for hydroxylation is 2. The van der Waals surface area contributed by atoms with E-state index >= 15 is 0 Å². The first-order chi connectivity index (χ1) is 41.5. The molecular formula is C57H85InN8O21. The number of amides is 2. The van der Waals surface area contributed by atoms with Crippen LogP contribution in [0.2, 0.25) is 0 Å². The van der Waals surface area contributed by atoms with Crippen molar-refractivity contribution in [3.05, 3.63) is 46.7 Å². The van der Waals surface area contributed by atoms with Crippen molar-refractivity contribution >= 4 is 61.3 Å². The maximum atomic E-state index is 13.3. The average molecular weight is 1330 g/mol. The summed E-state index contributed by atoms with van der Waals surface area (Å²) in [5.74, 6) is -3.90. The molecule has 1 saturated heterocycles. The third-order valence-electron chi connectivity index (χ3n) is 13.6. The molecule has 5 rings (SSSR count). The summed E-state index contributed by atoms with van der Waals surface area (Å²) in [6, 6.07) is 7.26. The molecule has 482 valence electrons. The standard InChI is InChI=1S/C57H88N8O21.In/c1-42-36-43-8-9-57(2,3)44(43)37-46(42)86-51-7-6-45(85-51)53(73)59-52-54(74-4)60-56(61-55(52)75-5)84-35-34-83-33-32-82-31-30-81-29-28-80-27-26-79-25-24-78-23-22-77-21-20-76-19-10-58-47(66)38-62-11-13-63(39-48(67)68)15-17-65(41-50(71)72)18-16-64(14-12-62)40-49(69)70;/h6-7,36-37H,8-35,38-41H2,1-5H3,(H,58,66)(H,59,73)(H,67,68)(H,69,70)(H,71,72);/q;+3/p-3. The number of hydrogen-bond donors (Lipinski definition) is 2. The fourth-order valence-corrected chi connectivity index (χ4v) is 9.04. The minimum Gasteiger partial charge on any atom is -0.549 e. The third kappa shape index (κ3) is 29.1. The monoisotopic (exact) mass is 1330 g/mol. The molecule has 0 spiro atoms. The largest absolute Gasteiger partial charge is 3.00 e. The van der Waals surface area contributed by atoms with Gasteiger partial charge < -0.3 is 102 Å². The van der Waals surface area contributed by atoms with E-state index in [1.54, 1.807) is 25.7 Å². The van der Waals surface area contributed by atoms with E-state index in [0.717, 1.165) is 18.4 Å². The number of nitrogens with zero attached hydrogens (tertiary/aromatic N) is 6. The molecule has 0 unspecified atom stereocenters. The van der Waals surface area contributed by atoms with Gasteiger partial charge in [0, 0.05) is 84.6 Å². The zero-order chi connectivity index (χ0) is 61.9. The molecule has 29 nitrogen and oxygen atoms in total. The molecule has 3 heterocycles. The van der Waals surface area contributed by atoms with Gasteiger partial charge in [-0.05, 0) is 54.0 Å². The van der Waals surface area contributed by atoms with Crippen molar-refractivity contribution in [1.29, 1.82) is 0 Å². The Morgan fingerprint density at radius 2 is 0.977 bits per heavy atom. The van der Waals surface area contributed by atoms with E-state index in [2.05, 4.69) is 46.6 Å². The minimum absolute atomic E-state index is 0. The summed E-state index contributed by atoms with van der Waals surface area (Å²) in [7, 11) is 2.78. The third-order valence-corrected chi connectivity index (χ3v) is 13.6. The van der Waals surface area contributed by atoms with E-state index < -0.39 is 30.4 Å². The number of carbonyl (C=O) groups excluding carboxylic acids is 5. The van der Waals surface area contributed by atoms with Crippen molar-refractivity contribution in [2.45, 2.75) is 39.0 Å². The van der Waals surface area contributed by atoms with Gasteiger partial charge >= 0.3 is 31.9 Å². The second kappa shape index (κ2) is 41.7. The molecule has 0 bridgehead atoms. The van der Waals surface area contributed by atoms with Gasteiger partial charge in [0.1, 0.15) is 12.4 Å². The fraction of sp³-hybridized carbons (Fsp3) is 0.667. The Balaban J connectivity index is 0.0000162. The number of carboxylic acid groups (broad SMARTS) is 3. The Hall–Kier alpha value is -5.48. The van der Waals surface area contributed by atoms with Crippen molar-refractivity contribution in [3.8, 4) is 29.5 Å². The SMILES string of the molecule is COc1nc(OCCOCCOCCOCCOCCOCCOCCOCCOCCNC(=O)CN2CCN(CC(=O)[O-])CCN(CC(=O)[O-])CCN(CC(=O)[O-])CC2)nc(OC)c1NC(=O)c1ccc(Oc2cc3c(cc2C)CCC3(C)C)o1.[In+3]. The molecule has 0 saturated carbocycles. The van der Waals surface area contributed by atoms with Gasteiger partial charge in [0.05, 0.1) is 144 Å². The van der Waals surface area contributed by atoms with E-state index in [0.29, 0.717) is 111 Å². The van der Waals surface area contributed by atoms with Gasteiger partial charge in [-0.25, -0.2) is 0 Å². The summed E-state index contributed by atoms with van der Waals surface area (Å²) < 4.78 is 72.7. The molecule has 0 atom stereocenters. The average Bonchev–Trinajstić information content (AvgIpc) is 1.95. The first-order valence-electron chi connectivity index (χ1n) is 28.8. The quantitative estimate of drug-likeness (QED) is 0.0549. The molecule has 0 radical (unpaired) electrons. The molecule has 2 aliphatic rings. The van der Waals surface area contributed by atoms with Crippen molar-refractivity contribution < 1.29 is 101 Å². The van der Waals surface area contributed by atoms with Crippen LogP contribution in [0.3, 0.4) is 0 Å². The predicted octanol–water partition coefficient (Wildman–Crippen LogP) is -2.62. The van der Waals surface area contributed by atoms with Gasteiger partial charge in [0.2, 0.25) is 17.7 Å². The van der Waals surface area contributed by atoms with E-state index in [9.17, 15) is 39.3 Å². The Morgan fingerprint density at radius 3 is 1.39 bits per heavy atom. The number of hydrogen-bond acceptors (Lipinski definition) is 27. The first-order valence-corrected chi connectivity index (χ1v) is 28.8. The minimum atomic E-state index is -1.30. The van der Waals surface area contributed by atoms with Crippen LogP contribution in [0, 0.1) is 6.92 Å². The normalized spacial score (nSPS) is 15.1. The number of aliphatic carboxylic acids is 3. The number of anilines is 1.